The van der Waals surface area contributed by atoms with Gasteiger partial charge in [-0.25, -0.2) is 4.98 Å². The number of hydrogen-bond acceptors (Lipinski definition) is 8. The Balaban J connectivity index is 1.62. The van der Waals surface area contributed by atoms with Gasteiger partial charge in [-0.2, -0.15) is 19.7 Å². The van der Waals surface area contributed by atoms with Gasteiger partial charge in [-0.1, -0.05) is 30.3 Å². The van der Waals surface area contributed by atoms with Crippen molar-refractivity contribution < 1.29 is 9.53 Å². The van der Waals surface area contributed by atoms with Crippen LogP contribution in [0, 0.1) is 0 Å². The van der Waals surface area contributed by atoms with Crippen LogP contribution in [0.4, 0.5) is 5.82 Å². The second kappa shape index (κ2) is 9.55. The maximum Gasteiger partial charge on any atom is 0.255 e. The second-order valence-electron chi connectivity index (χ2n) is 8.78. The zero-order valence-electron chi connectivity index (χ0n) is 20.7. The fraction of sp³-hybridized carbons (Fsp3) is 0.259. The number of ketones is 1. The van der Waals surface area contributed by atoms with Crippen LogP contribution in [-0.2, 0) is 11.3 Å². The normalized spacial score (nSPS) is 13.8. The molecule has 10 nitrogen and oxygen atoms in total. The maximum atomic E-state index is 12.3. The van der Waals surface area contributed by atoms with Crippen molar-refractivity contribution in [2.45, 2.75) is 20.4 Å². The van der Waals surface area contributed by atoms with Crippen LogP contribution in [0.2, 0.25) is 0 Å². The Morgan fingerprint density at radius 1 is 0.973 bits per heavy atom. The number of hydrogen-bond donors (Lipinski definition) is 0. The number of pyridine rings is 1. The summed E-state index contributed by atoms with van der Waals surface area (Å²) in [6, 6.07) is 15.5. The van der Waals surface area contributed by atoms with E-state index in [-0.39, 0.29) is 5.78 Å². The SMILES string of the molecule is CCn1c(-c2ccncc2)nc2c(N3CCOCC3)nc(-n3nc(C(C)=O)cc3-c3ccccc3)nc21. The highest BCUT2D eigenvalue weighted by Gasteiger charge is 2.25. The van der Waals surface area contributed by atoms with E-state index in [1.165, 1.54) is 6.92 Å². The summed E-state index contributed by atoms with van der Waals surface area (Å²) in [7, 11) is 0. The predicted molar refractivity (Wildman–Crippen MR) is 140 cm³/mol. The van der Waals surface area contributed by atoms with Crippen molar-refractivity contribution in [3.63, 3.8) is 0 Å². The zero-order valence-corrected chi connectivity index (χ0v) is 20.7. The van der Waals surface area contributed by atoms with Crippen molar-refractivity contribution >= 4 is 22.8 Å². The van der Waals surface area contributed by atoms with Gasteiger partial charge in [0.25, 0.3) is 5.95 Å². The lowest BCUT2D eigenvalue weighted by molar-refractivity contribution is 0.101. The van der Waals surface area contributed by atoms with Gasteiger partial charge in [0.1, 0.15) is 11.5 Å². The van der Waals surface area contributed by atoms with E-state index in [1.54, 1.807) is 23.1 Å². The lowest BCUT2D eigenvalue weighted by Gasteiger charge is -2.28. The molecule has 0 radical (unpaired) electrons. The third-order valence-electron chi connectivity index (χ3n) is 6.46. The van der Waals surface area contributed by atoms with Crippen molar-refractivity contribution in [3.8, 4) is 28.6 Å². The van der Waals surface area contributed by atoms with Gasteiger partial charge >= 0.3 is 0 Å². The average molecular weight is 495 g/mol. The largest absolute Gasteiger partial charge is 0.378 e. The summed E-state index contributed by atoms with van der Waals surface area (Å²) in [5, 5.41) is 4.63. The number of Topliss-reactive ketones (excluding diaryl/α,β-unsaturated/α-hetero) is 1. The minimum atomic E-state index is -0.121. The van der Waals surface area contributed by atoms with Crippen molar-refractivity contribution in [2.75, 3.05) is 31.2 Å². The maximum absolute atomic E-state index is 12.3. The van der Waals surface area contributed by atoms with Crippen LogP contribution in [0.3, 0.4) is 0 Å². The van der Waals surface area contributed by atoms with E-state index in [9.17, 15) is 4.79 Å². The molecule has 0 aliphatic carbocycles. The molecule has 0 atom stereocenters. The number of ether oxygens (including phenoxy) is 1. The number of carbonyl (C=O) groups excluding carboxylic acids is 1. The van der Waals surface area contributed by atoms with Crippen molar-refractivity contribution in [1.29, 1.82) is 0 Å². The van der Waals surface area contributed by atoms with E-state index in [2.05, 4.69) is 26.5 Å². The molecule has 186 valence electrons. The molecule has 5 aromatic rings. The molecule has 0 unspecified atom stereocenters. The molecule has 0 amide bonds. The van der Waals surface area contributed by atoms with Gasteiger partial charge < -0.3 is 14.2 Å². The molecule has 1 aromatic carbocycles. The summed E-state index contributed by atoms with van der Waals surface area (Å²) < 4.78 is 9.34. The zero-order chi connectivity index (χ0) is 25.4. The van der Waals surface area contributed by atoms with Gasteiger partial charge in [0.15, 0.2) is 22.8 Å². The predicted octanol–water partition coefficient (Wildman–Crippen LogP) is 3.80. The molecule has 37 heavy (non-hydrogen) atoms. The van der Waals surface area contributed by atoms with Gasteiger partial charge in [-0.3, -0.25) is 9.78 Å². The lowest BCUT2D eigenvalue weighted by Crippen LogP contribution is -2.37. The highest BCUT2D eigenvalue weighted by molar-refractivity contribution is 5.93. The van der Waals surface area contributed by atoms with E-state index in [0.717, 1.165) is 34.0 Å². The molecule has 0 N–H and O–H groups in total. The Kier molecular flexibility index (Phi) is 5.93. The van der Waals surface area contributed by atoms with Gasteiger partial charge in [0.2, 0.25) is 0 Å². The Morgan fingerprint density at radius 2 is 1.73 bits per heavy atom. The number of carbonyl (C=O) groups is 1. The molecule has 6 rings (SSSR count). The summed E-state index contributed by atoms with van der Waals surface area (Å²) in [4.78, 5) is 33.6. The monoisotopic (exact) mass is 494 g/mol. The van der Waals surface area contributed by atoms with Gasteiger partial charge in [-0.05, 0) is 25.1 Å². The minimum Gasteiger partial charge on any atom is -0.378 e. The van der Waals surface area contributed by atoms with E-state index < -0.39 is 0 Å². The van der Waals surface area contributed by atoms with Crippen LogP contribution in [0.25, 0.3) is 39.8 Å². The number of rotatable bonds is 6. The van der Waals surface area contributed by atoms with Crippen LogP contribution >= 0.6 is 0 Å². The van der Waals surface area contributed by atoms with E-state index >= 15 is 0 Å². The third-order valence-corrected chi connectivity index (χ3v) is 6.46. The molecule has 0 spiro atoms. The Bertz CT molecular complexity index is 1570. The highest BCUT2D eigenvalue weighted by atomic mass is 16.5. The molecule has 1 fully saturated rings. The number of aromatic nitrogens is 7. The van der Waals surface area contributed by atoms with Crippen LogP contribution in [0.1, 0.15) is 24.3 Å². The quantitative estimate of drug-likeness (QED) is 0.328. The number of imidazole rings is 1. The number of nitrogens with zero attached hydrogens (tertiary/aromatic N) is 8. The van der Waals surface area contributed by atoms with Crippen LogP contribution < -0.4 is 4.90 Å². The van der Waals surface area contributed by atoms with Gasteiger partial charge in [0.05, 0.1) is 18.9 Å². The first-order valence-corrected chi connectivity index (χ1v) is 12.3. The van der Waals surface area contributed by atoms with E-state index in [1.807, 2.05) is 42.5 Å². The highest BCUT2D eigenvalue weighted by Crippen LogP contribution is 2.31. The number of anilines is 1. The van der Waals surface area contributed by atoms with Crippen molar-refractivity contribution in [2.24, 2.45) is 0 Å². The number of morpholine rings is 1. The number of benzene rings is 1. The smallest absolute Gasteiger partial charge is 0.255 e. The van der Waals surface area contributed by atoms with E-state index in [0.29, 0.717) is 50.1 Å². The minimum absolute atomic E-state index is 0.121. The molecule has 1 saturated heterocycles. The summed E-state index contributed by atoms with van der Waals surface area (Å²) in [5.74, 6) is 1.79. The summed E-state index contributed by atoms with van der Waals surface area (Å²) in [6.07, 6.45) is 3.52. The van der Waals surface area contributed by atoms with Crippen LogP contribution in [-0.4, -0.2) is 66.4 Å². The topological polar surface area (TPSA) is 104 Å². The number of aryl methyl sites for hydroxylation is 1. The van der Waals surface area contributed by atoms with Crippen LogP contribution in [0.15, 0.2) is 60.9 Å². The number of fused-ring (bicyclic) bond motifs is 1. The second-order valence-corrected chi connectivity index (χ2v) is 8.78. The first-order chi connectivity index (χ1) is 18.1. The molecule has 1 aliphatic rings. The third kappa shape index (κ3) is 4.15. The van der Waals surface area contributed by atoms with Gasteiger partial charge in [0, 0.05) is 50.1 Å². The summed E-state index contributed by atoms with van der Waals surface area (Å²) in [6.45, 7) is 6.85. The Labute approximate surface area is 213 Å². The lowest BCUT2D eigenvalue weighted by atomic mass is 10.1. The molecule has 1 aliphatic heterocycles. The molecular weight excluding hydrogens is 468 g/mol. The molecule has 0 saturated carbocycles. The molecular formula is C27H26N8O2. The Hall–Kier alpha value is -4.44. The van der Waals surface area contributed by atoms with Crippen molar-refractivity contribution in [1.82, 2.24) is 34.3 Å². The fourth-order valence-electron chi connectivity index (χ4n) is 4.61. The Morgan fingerprint density at radius 3 is 2.43 bits per heavy atom. The molecule has 0 bridgehead atoms. The average Bonchev–Trinajstić information content (AvgIpc) is 3.56. The summed E-state index contributed by atoms with van der Waals surface area (Å²) in [5.41, 5.74) is 4.40. The molecule has 5 heterocycles. The van der Waals surface area contributed by atoms with E-state index in [4.69, 9.17) is 19.7 Å². The molecule has 4 aromatic heterocycles. The van der Waals surface area contributed by atoms with Crippen molar-refractivity contribution in [3.05, 3.63) is 66.6 Å². The summed E-state index contributed by atoms with van der Waals surface area (Å²) >= 11 is 0. The van der Waals surface area contributed by atoms with Crippen LogP contribution in [0.5, 0.6) is 0 Å². The van der Waals surface area contributed by atoms with Gasteiger partial charge in [-0.15, -0.1) is 0 Å². The first kappa shape index (κ1) is 23.0. The standard InChI is InChI=1S/C27H26N8O2/c1-3-34-24(20-9-11-28-12-10-20)29-23-25(33-13-15-37-16-14-33)30-27(31-26(23)34)35-22(17-21(32-35)18(2)36)19-7-5-4-6-8-19/h4-12,17H,3,13-16H2,1-2H3. The first-order valence-electron chi connectivity index (χ1n) is 12.3. The molecule has 10 heteroatoms. The fourth-order valence-corrected chi connectivity index (χ4v) is 4.61.